The van der Waals surface area contributed by atoms with Crippen molar-refractivity contribution in [1.29, 1.82) is 0 Å². The molecule has 0 aliphatic carbocycles. The van der Waals surface area contributed by atoms with Crippen LogP contribution in [0.25, 0.3) is 0 Å². The van der Waals surface area contributed by atoms with Gasteiger partial charge in [0.1, 0.15) is 10.8 Å². The summed E-state index contributed by atoms with van der Waals surface area (Å²) in [6.45, 7) is 5.59. The SMILES string of the molecule is CC.CC(N/N=C(/c1ncc(Cl)nc1Cl)C(F)(F)F)c1ccc(Cl)cc1Cl. The molecule has 1 unspecified atom stereocenters. The molecule has 27 heavy (non-hydrogen) atoms. The Bertz CT molecular complexity index is 813. The molecule has 11 heteroatoms. The number of hydrazone groups is 1. The van der Waals surface area contributed by atoms with Crippen LogP contribution in [0.1, 0.15) is 38.1 Å². The highest BCUT2D eigenvalue weighted by atomic mass is 35.5. The van der Waals surface area contributed by atoms with E-state index < -0.39 is 28.8 Å². The molecule has 1 atom stereocenters. The molecule has 1 aromatic heterocycles. The number of nitrogens with zero attached hydrogens (tertiary/aromatic N) is 3. The van der Waals surface area contributed by atoms with E-state index in [9.17, 15) is 13.2 Å². The summed E-state index contributed by atoms with van der Waals surface area (Å²) < 4.78 is 39.9. The Kier molecular flexibility index (Phi) is 9.08. The van der Waals surface area contributed by atoms with E-state index in [0.717, 1.165) is 6.20 Å². The second-order valence-corrected chi connectivity index (χ2v) is 6.40. The monoisotopic (exact) mass is 460 g/mol. The van der Waals surface area contributed by atoms with Crippen molar-refractivity contribution in [1.82, 2.24) is 15.4 Å². The number of hydrogen-bond donors (Lipinski definition) is 1. The molecule has 0 bridgehead atoms. The summed E-state index contributed by atoms with van der Waals surface area (Å²) in [7, 11) is 0. The second-order valence-electron chi connectivity index (χ2n) is 4.81. The zero-order chi connectivity index (χ0) is 20.8. The molecule has 0 saturated heterocycles. The van der Waals surface area contributed by atoms with Crippen LogP contribution in [-0.2, 0) is 0 Å². The summed E-state index contributed by atoms with van der Waals surface area (Å²) >= 11 is 23.1. The molecular weight excluding hydrogens is 447 g/mol. The van der Waals surface area contributed by atoms with Gasteiger partial charge in [-0.2, -0.15) is 18.3 Å². The first-order valence-corrected chi connectivity index (χ1v) is 9.14. The van der Waals surface area contributed by atoms with E-state index in [0.29, 0.717) is 15.6 Å². The lowest BCUT2D eigenvalue weighted by molar-refractivity contribution is -0.0587. The molecule has 0 saturated carbocycles. The Hall–Kier alpha value is -1.28. The van der Waals surface area contributed by atoms with E-state index >= 15 is 0 Å². The van der Waals surface area contributed by atoms with Gasteiger partial charge in [-0.1, -0.05) is 66.3 Å². The van der Waals surface area contributed by atoms with Gasteiger partial charge in [-0.05, 0) is 24.6 Å². The van der Waals surface area contributed by atoms with Crippen molar-refractivity contribution >= 4 is 52.1 Å². The van der Waals surface area contributed by atoms with Gasteiger partial charge in [-0.15, -0.1) is 0 Å². The van der Waals surface area contributed by atoms with E-state index in [1.165, 1.54) is 6.07 Å². The molecule has 1 heterocycles. The van der Waals surface area contributed by atoms with Crippen molar-refractivity contribution in [3.05, 3.63) is 56.0 Å². The molecule has 0 amide bonds. The molecule has 0 fully saturated rings. The van der Waals surface area contributed by atoms with Crippen molar-refractivity contribution < 1.29 is 13.2 Å². The number of nitrogens with one attached hydrogen (secondary N) is 1. The quantitative estimate of drug-likeness (QED) is 0.405. The first-order chi connectivity index (χ1) is 12.6. The molecule has 0 aliphatic heterocycles. The van der Waals surface area contributed by atoms with Gasteiger partial charge in [0.05, 0.1) is 12.2 Å². The van der Waals surface area contributed by atoms with Crippen molar-refractivity contribution in [3.8, 4) is 0 Å². The van der Waals surface area contributed by atoms with Crippen LogP contribution >= 0.6 is 46.4 Å². The molecule has 2 aromatic rings. The van der Waals surface area contributed by atoms with Crippen LogP contribution in [0.3, 0.4) is 0 Å². The van der Waals surface area contributed by atoms with Crippen molar-refractivity contribution in [2.45, 2.75) is 33.0 Å². The van der Waals surface area contributed by atoms with Crippen molar-refractivity contribution in [3.63, 3.8) is 0 Å². The molecule has 2 rings (SSSR count). The number of benzene rings is 1. The second kappa shape index (κ2) is 10.3. The van der Waals surface area contributed by atoms with Crippen LogP contribution < -0.4 is 5.43 Å². The van der Waals surface area contributed by atoms with Gasteiger partial charge in [0.25, 0.3) is 0 Å². The molecule has 148 valence electrons. The lowest BCUT2D eigenvalue weighted by atomic mass is 10.1. The zero-order valence-electron chi connectivity index (χ0n) is 14.4. The van der Waals surface area contributed by atoms with E-state index in [1.54, 1.807) is 19.1 Å². The summed E-state index contributed by atoms with van der Waals surface area (Å²) in [6, 6.07) is 3.99. The Labute approximate surface area is 174 Å². The molecule has 4 nitrogen and oxygen atoms in total. The first kappa shape index (κ1) is 23.8. The van der Waals surface area contributed by atoms with Gasteiger partial charge in [0.2, 0.25) is 0 Å². The number of rotatable bonds is 4. The largest absolute Gasteiger partial charge is 0.437 e. The van der Waals surface area contributed by atoms with Gasteiger partial charge in [0, 0.05) is 10.0 Å². The Morgan fingerprint density at radius 2 is 1.78 bits per heavy atom. The third-order valence-corrected chi connectivity index (χ3v) is 4.00. The third kappa shape index (κ3) is 6.68. The Balaban J connectivity index is 0.00000176. The lowest BCUT2D eigenvalue weighted by Crippen LogP contribution is -2.29. The predicted octanol–water partition coefficient (Wildman–Crippen LogP) is 6.73. The van der Waals surface area contributed by atoms with Crippen LogP contribution in [0.5, 0.6) is 0 Å². The highest BCUT2D eigenvalue weighted by Crippen LogP contribution is 2.28. The average molecular weight is 462 g/mol. The highest BCUT2D eigenvalue weighted by molar-refractivity contribution is 6.35. The van der Waals surface area contributed by atoms with Crippen LogP contribution in [0.2, 0.25) is 20.4 Å². The van der Waals surface area contributed by atoms with Crippen LogP contribution in [0.4, 0.5) is 13.2 Å². The standard InChI is InChI=1S/C14H9Cl4F3N4.C2H6/c1-6(8-3-2-7(15)4-9(8)16)24-25-12(14(19,20)21)11-13(18)23-10(17)5-22-11;1-2/h2-6,24H,1H3;1-2H3/b25-12-;. The maximum Gasteiger partial charge on any atom is 0.437 e. The molecule has 1 aromatic carbocycles. The fraction of sp³-hybridized carbons (Fsp3) is 0.312. The average Bonchev–Trinajstić information content (AvgIpc) is 2.57. The lowest BCUT2D eigenvalue weighted by Gasteiger charge is -2.16. The maximum absolute atomic E-state index is 13.3. The fourth-order valence-corrected chi connectivity index (χ4v) is 2.82. The number of alkyl halides is 3. The minimum atomic E-state index is -4.82. The summed E-state index contributed by atoms with van der Waals surface area (Å²) in [5.74, 6) is 0. The van der Waals surface area contributed by atoms with Crippen molar-refractivity contribution in [2.75, 3.05) is 0 Å². The molecule has 0 radical (unpaired) electrons. The van der Waals surface area contributed by atoms with E-state index in [-0.39, 0.29) is 5.15 Å². The van der Waals surface area contributed by atoms with Gasteiger partial charge in [0.15, 0.2) is 10.9 Å². The van der Waals surface area contributed by atoms with Crippen LogP contribution in [0.15, 0.2) is 29.5 Å². The molecule has 1 N–H and O–H groups in total. The molecule has 0 spiro atoms. The fourth-order valence-electron chi connectivity index (χ4n) is 1.84. The highest BCUT2D eigenvalue weighted by Gasteiger charge is 2.40. The molecular formula is C16H15Cl4F3N4. The van der Waals surface area contributed by atoms with E-state index in [4.69, 9.17) is 46.4 Å². The Morgan fingerprint density at radius 3 is 2.30 bits per heavy atom. The third-order valence-electron chi connectivity index (χ3n) is 2.99. The smallest absolute Gasteiger partial charge is 0.302 e. The summed E-state index contributed by atoms with van der Waals surface area (Å²) in [4.78, 5) is 7.10. The number of hydrogen-bond acceptors (Lipinski definition) is 4. The zero-order valence-corrected chi connectivity index (χ0v) is 17.4. The van der Waals surface area contributed by atoms with E-state index in [1.807, 2.05) is 13.8 Å². The minimum Gasteiger partial charge on any atom is -0.302 e. The normalized spacial score (nSPS) is 12.9. The Morgan fingerprint density at radius 1 is 1.15 bits per heavy atom. The molecule has 0 aliphatic rings. The van der Waals surface area contributed by atoms with Crippen molar-refractivity contribution in [2.24, 2.45) is 5.10 Å². The van der Waals surface area contributed by atoms with Gasteiger partial charge in [-0.3, -0.25) is 0 Å². The van der Waals surface area contributed by atoms with Gasteiger partial charge >= 0.3 is 6.18 Å². The van der Waals surface area contributed by atoms with Gasteiger partial charge in [-0.25, -0.2) is 9.97 Å². The summed E-state index contributed by atoms with van der Waals surface area (Å²) in [5.41, 5.74) is 0.932. The maximum atomic E-state index is 13.3. The van der Waals surface area contributed by atoms with Crippen LogP contribution in [0, 0.1) is 0 Å². The number of aromatic nitrogens is 2. The summed E-state index contributed by atoms with van der Waals surface area (Å²) in [6.07, 6.45) is -3.87. The van der Waals surface area contributed by atoms with Crippen LogP contribution in [-0.4, -0.2) is 21.9 Å². The topological polar surface area (TPSA) is 50.2 Å². The first-order valence-electron chi connectivity index (χ1n) is 7.63. The predicted molar refractivity (Wildman–Crippen MR) is 104 cm³/mol. The van der Waals surface area contributed by atoms with Gasteiger partial charge < -0.3 is 5.43 Å². The van der Waals surface area contributed by atoms with E-state index in [2.05, 4.69) is 20.5 Å². The summed E-state index contributed by atoms with van der Waals surface area (Å²) in [5, 5.41) is 3.47. The minimum absolute atomic E-state index is 0.135. The number of halogens is 7.